The second-order valence-corrected chi connectivity index (χ2v) is 5.23. The molecule has 0 aromatic rings. The first-order chi connectivity index (χ1) is 8.75. The van der Waals surface area contributed by atoms with Crippen LogP contribution in [0, 0.1) is 0 Å². The van der Waals surface area contributed by atoms with Gasteiger partial charge in [0.15, 0.2) is 0 Å². The number of likely N-dealkylation sites (tertiary alicyclic amines) is 1. The molecule has 0 aliphatic carbocycles. The van der Waals surface area contributed by atoms with Gasteiger partial charge in [0, 0.05) is 0 Å². The molecule has 1 aliphatic rings. The fourth-order valence-corrected chi connectivity index (χ4v) is 2.67. The first-order valence-electron chi connectivity index (χ1n) is 7.33. The molecule has 0 radical (unpaired) electrons. The lowest BCUT2D eigenvalue weighted by molar-refractivity contribution is -0.143. The molecule has 1 heterocycles. The van der Waals surface area contributed by atoms with E-state index in [9.17, 15) is 9.90 Å². The number of hydrogen-bond donors (Lipinski definition) is 1. The zero-order valence-electron chi connectivity index (χ0n) is 11.4. The molecule has 0 saturated carbocycles. The Labute approximate surface area is 111 Å². The van der Waals surface area contributed by atoms with Gasteiger partial charge in [0.2, 0.25) is 0 Å². The summed E-state index contributed by atoms with van der Waals surface area (Å²) in [5, 5.41) is 9.31. The molecule has 0 spiro atoms. The normalized spacial score (nSPS) is 22.1. The summed E-state index contributed by atoms with van der Waals surface area (Å²) in [6, 6.07) is -0.246. The molecule has 18 heavy (non-hydrogen) atoms. The van der Waals surface area contributed by atoms with Crippen LogP contribution in [-0.2, 0) is 4.79 Å². The fraction of sp³-hybridized carbons (Fsp3) is 0.800. The van der Waals surface area contributed by atoms with Crippen LogP contribution in [0.25, 0.3) is 0 Å². The standard InChI is InChI=1S/C15H27NO2/c1-2-3-4-6-9-12-16-13-10-7-5-8-11-14(16)15(17)18/h2,14H,1,3-13H2,(H,17,18). The van der Waals surface area contributed by atoms with Gasteiger partial charge in [-0.05, 0) is 45.2 Å². The van der Waals surface area contributed by atoms with Crippen LogP contribution in [0.1, 0.15) is 57.8 Å². The Morgan fingerprint density at radius 2 is 2.00 bits per heavy atom. The average molecular weight is 253 g/mol. The largest absolute Gasteiger partial charge is 0.480 e. The lowest BCUT2D eigenvalue weighted by atomic mass is 10.0. The number of unbranched alkanes of at least 4 members (excludes halogenated alkanes) is 3. The van der Waals surface area contributed by atoms with Crippen molar-refractivity contribution in [2.24, 2.45) is 0 Å². The third-order valence-electron chi connectivity index (χ3n) is 3.75. The van der Waals surface area contributed by atoms with Gasteiger partial charge in [-0.15, -0.1) is 6.58 Å². The van der Waals surface area contributed by atoms with Crippen molar-refractivity contribution in [2.75, 3.05) is 13.1 Å². The summed E-state index contributed by atoms with van der Waals surface area (Å²) in [7, 11) is 0. The van der Waals surface area contributed by atoms with E-state index in [0.29, 0.717) is 0 Å². The third-order valence-corrected chi connectivity index (χ3v) is 3.75. The Bertz CT molecular complexity index is 253. The number of nitrogens with zero attached hydrogens (tertiary/aromatic N) is 1. The van der Waals surface area contributed by atoms with Crippen molar-refractivity contribution in [1.82, 2.24) is 4.90 Å². The van der Waals surface area contributed by atoms with E-state index in [2.05, 4.69) is 11.5 Å². The molecule has 1 unspecified atom stereocenters. The van der Waals surface area contributed by atoms with E-state index in [1.54, 1.807) is 0 Å². The summed E-state index contributed by atoms with van der Waals surface area (Å²) in [4.78, 5) is 13.5. The predicted molar refractivity (Wildman–Crippen MR) is 74.7 cm³/mol. The van der Waals surface area contributed by atoms with Gasteiger partial charge in [0.05, 0.1) is 0 Å². The maximum absolute atomic E-state index is 11.3. The lowest BCUT2D eigenvalue weighted by Gasteiger charge is -2.30. The van der Waals surface area contributed by atoms with E-state index in [0.717, 1.165) is 45.2 Å². The van der Waals surface area contributed by atoms with Crippen molar-refractivity contribution in [3.8, 4) is 0 Å². The highest BCUT2D eigenvalue weighted by molar-refractivity contribution is 5.73. The molecule has 0 amide bonds. The van der Waals surface area contributed by atoms with Crippen LogP contribution in [0.15, 0.2) is 12.7 Å². The van der Waals surface area contributed by atoms with Gasteiger partial charge in [-0.25, -0.2) is 0 Å². The summed E-state index contributed by atoms with van der Waals surface area (Å²) in [6.07, 6.45) is 12.0. The number of carboxylic acids is 1. The minimum atomic E-state index is -0.636. The molecule has 104 valence electrons. The van der Waals surface area contributed by atoms with Crippen LogP contribution in [0.4, 0.5) is 0 Å². The summed E-state index contributed by atoms with van der Waals surface area (Å²) >= 11 is 0. The first-order valence-corrected chi connectivity index (χ1v) is 7.33. The first kappa shape index (κ1) is 15.2. The number of hydrogen-bond acceptors (Lipinski definition) is 2. The van der Waals surface area contributed by atoms with Crippen molar-refractivity contribution < 1.29 is 9.90 Å². The van der Waals surface area contributed by atoms with Crippen LogP contribution in [-0.4, -0.2) is 35.1 Å². The van der Waals surface area contributed by atoms with E-state index in [1.165, 1.54) is 25.7 Å². The maximum Gasteiger partial charge on any atom is 0.320 e. The summed E-state index contributed by atoms with van der Waals surface area (Å²) < 4.78 is 0. The molecule has 3 nitrogen and oxygen atoms in total. The minimum absolute atomic E-state index is 0.246. The number of rotatable bonds is 7. The SMILES string of the molecule is C=CCCCCCN1CCCCCCC1C(=O)O. The Kier molecular flexibility index (Phi) is 7.74. The Morgan fingerprint density at radius 1 is 1.22 bits per heavy atom. The molecule has 3 heteroatoms. The second-order valence-electron chi connectivity index (χ2n) is 5.23. The van der Waals surface area contributed by atoms with E-state index >= 15 is 0 Å². The van der Waals surface area contributed by atoms with E-state index < -0.39 is 5.97 Å². The van der Waals surface area contributed by atoms with Crippen molar-refractivity contribution in [2.45, 2.75) is 63.8 Å². The second kappa shape index (κ2) is 9.15. The third kappa shape index (κ3) is 5.67. The molecule has 1 aliphatic heterocycles. The Morgan fingerprint density at radius 3 is 2.72 bits per heavy atom. The van der Waals surface area contributed by atoms with Crippen LogP contribution in [0.5, 0.6) is 0 Å². The van der Waals surface area contributed by atoms with Crippen LogP contribution in [0.3, 0.4) is 0 Å². The molecule has 0 aromatic heterocycles. The molecule has 1 N–H and O–H groups in total. The van der Waals surface area contributed by atoms with E-state index in [4.69, 9.17) is 0 Å². The van der Waals surface area contributed by atoms with Gasteiger partial charge in [-0.2, -0.15) is 0 Å². The highest BCUT2D eigenvalue weighted by atomic mass is 16.4. The van der Waals surface area contributed by atoms with Gasteiger partial charge in [0.1, 0.15) is 6.04 Å². The van der Waals surface area contributed by atoms with Gasteiger partial charge in [-0.3, -0.25) is 9.69 Å². The molecule has 0 aromatic carbocycles. The van der Waals surface area contributed by atoms with Crippen molar-refractivity contribution in [3.63, 3.8) is 0 Å². The molecule has 1 saturated heterocycles. The monoisotopic (exact) mass is 253 g/mol. The predicted octanol–water partition coefficient (Wildman–Crippen LogP) is 3.45. The number of allylic oxidation sites excluding steroid dienone is 1. The highest BCUT2D eigenvalue weighted by Gasteiger charge is 2.25. The molecule has 1 fully saturated rings. The smallest absolute Gasteiger partial charge is 0.320 e. The molecular weight excluding hydrogens is 226 g/mol. The molecular formula is C15H27NO2. The summed E-state index contributed by atoms with van der Waals surface area (Å²) in [5.41, 5.74) is 0. The van der Waals surface area contributed by atoms with Crippen molar-refractivity contribution in [3.05, 3.63) is 12.7 Å². The molecule has 1 rings (SSSR count). The van der Waals surface area contributed by atoms with E-state index in [-0.39, 0.29) is 6.04 Å². The zero-order chi connectivity index (χ0) is 13.2. The molecule has 1 atom stereocenters. The van der Waals surface area contributed by atoms with E-state index in [1.807, 2.05) is 6.08 Å². The van der Waals surface area contributed by atoms with Crippen LogP contribution < -0.4 is 0 Å². The number of aliphatic carboxylic acids is 1. The topological polar surface area (TPSA) is 40.5 Å². The van der Waals surface area contributed by atoms with Gasteiger partial charge < -0.3 is 5.11 Å². The van der Waals surface area contributed by atoms with Gasteiger partial charge >= 0.3 is 5.97 Å². The summed E-state index contributed by atoms with van der Waals surface area (Å²) in [5.74, 6) is -0.636. The minimum Gasteiger partial charge on any atom is -0.480 e. The molecule has 0 bridgehead atoms. The van der Waals surface area contributed by atoms with Crippen LogP contribution >= 0.6 is 0 Å². The number of carboxylic acid groups (broad SMARTS) is 1. The fourth-order valence-electron chi connectivity index (χ4n) is 2.67. The zero-order valence-corrected chi connectivity index (χ0v) is 11.4. The van der Waals surface area contributed by atoms with Gasteiger partial charge in [0.25, 0.3) is 0 Å². The lowest BCUT2D eigenvalue weighted by Crippen LogP contribution is -2.43. The maximum atomic E-state index is 11.3. The number of carbonyl (C=O) groups is 1. The average Bonchev–Trinajstić information content (AvgIpc) is 2.30. The Balaban J connectivity index is 2.35. The Hall–Kier alpha value is -0.830. The van der Waals surface area contributed by atoms with Crippen molar-refractivity contribution >= 4 is 5.97 Å². The highest BCUT2D eigenvalue weighted by Crippen LogP contribution is 2.17. The quantitative estimate of drug-likeness (QED) is 0.558. The van der Waals surface area contributed by atoms with Crippen molar-refractivity contribution in [1.29, 1.82) is 0 Å². The van der Waals surface area contributed by atoms with Crippen LogP contribution in [0.2, 0.25) is 0 Å². The van der Waals surface area contributed by atoms with Gasteiger partial charge in [-0.1, -0.05) is 31.8 Å². The summed E-state index contributed by atoms with van der Waals surface area (Å²) in [6.45, 7) is 5.61.